The van der Waals surface area contributed by atoms with Crippen LogP contribution in [0.25, 0.3) is 17.1 Å². The molecule has 0 aliphatic heterocycles. The standard InChI is InChI=1S/C24H19BrN2O4S/c1-30-21-12-16(8-11-20(21)31-14-15-6-9-17(25)10-7-15)13-22(23(28)29)32-24-26-18-4-2-3-5-19(18)27-24/h2-13H,14H2,1H3,(H,26,27)(H,28,29)/b22-13-. The second-order valence-electron chi connectivity index (χ2n) is 6.80. The van der Waals surface area contributed by atoms with Gasteiger partial charge in [-0.15, -0.1) is 0 Å². The molecule has 162 valence electrons. The van der Waals surface area contributed by atoms with Crippen LogP contribution in [0.2, 0.25) is 0 Å². The minimum atomic E-state index is -1.04. The third-order valence-corrected chi connectivity index (χ3v) is 6.01. The Morgan fingerprint density at radius 1 is 1.12 bits per heavy atom. The van der Waals surface area contributed by atoms with Gasteiger partial charge in [0.05, 0.1) is 18.1 Å². The Morgan fingerprint density at radius 3 is 2.62 bits per heavy atom. The molecule has 0 amide bonds. The van der Waals surface area contributed by atoms with E-state index in [4.69, 9.17) is 9.47 Å². The number of carboxylic acids is 1. The largest absolute Gasteiger partial charge is 0.493 e. The molecule has 0 atom stereocenters. The number of rotatable bonds is 8. The molecular weight excluding hydrogens is 492 g/mol. The first kappa shape index (κ1) is 22.0. The fourth-order valence-electron chi connectivity index (χ4n) is 3.00. The fourth-order valence-corrected chi connectivity index (χ4v) is 4.06. The molecule has 1 aromatic heterocycles. The second-order valence-corrected chi connectivity index (χ2v) is 8.75. The van der Waals surface area contributed by atoms with E-state index < -0.39 is 5.97 Å². The number of imidazole rings is 1. The zero-order valence-corrected chi connectivity index (χ0v) is 19.4. The summed E-state index contributed by atoms with van der Waals surface area (Å²) in [6.45, 7) is 0.390. The van der Waals surface area contributed by atoms with Crippen LogP contribution < -0.4 is 9.47 Å². The topological polar surface area (TPSA) is 84.4 Å². The second kappa shape index (κ2) is 9.93. The number of hydrogen-bond donors (Lipinski definition) is 2. The summed E-state index contributed by atoms with van der Waals surface area (Å²) in [4.78, 5) is 19.5. The summed E-state index contributed by atoms with van der Waals surface area (Å²) in [6, 6.07) is 20.7. The van der Waals surface area contributed by atoms with Gasteiger partial charge in [-0.1, -0.05) is 46.3 Å². The zero-order chi connectivity index (χ0) is 22.5. The first-order chi connectivity index (χ1) is 15.5. The van der Waals surface area contributed by atoms with Crippen molar-refractivity contribution in [1.82, 2.24) is 9.97 Å². The van der Waals surface area contributed by atoms with E-state index in [0.29, 0.717) is 28.8 Å². The van der Waals surface area contributed by atoms with Crippen molar-refractivity contribution in [2.24, 2.45) is 0 Å². The Morgan fingerprint density at radius 2 is 1.91 bits per heavy atom. The number of halogens is 1. The van der Waals surface area contributed by atoms with Crippen molar-refractivity contribution < 1.29 is 19.4 Å². The SMILES string of the molecule is COc1cc(/C=C(\Sc2nc3ccccc3[nH]2)C(=O)O)ccc1OCc1ccc(Br)cc1. The molecule has 0 unspecified atom stereocenters. The summed E-state index contributed by atoms with van der Waals surface area (Å²) >= 11 is 4.48. The summed E-state index contributed by atoms with van der Waals surface area (Å²) in [7, 11) is 1.55. The Kier molecular flexibility index (Phi) is 6.82. The number of benzene rings is 3. The summed E-state index contributed by atoms with van der Waals surface area (Å²) in [5.74, 6) is 0.0636. The predicted molar refractivity (Wildman–Crippen MR) is 129 cm³/mol. The van der Waals surface area contributed by atoms with Crippen molar-refractivity contribution in [2.45, 2.75) is 11.8 Å². The molecular formula is C24H19BrN2O4S. The Hall–Kier alpha value is -3.23. The maximum absolute atomic E-state index is 11.8. The fraction of sp³-hybridized carbons (Fsp3) is 0.0833. The molecule has 0 aliphatic carbocycles. The summed E-state index contributed by atoms with van der Waals surface area (Å²) in [6.07, 6.45) is 1.58. The number of hydrogen-bond acceptors (Lipinski definition) is 5. The highest BCUT2D eigenvalue weighted by molar-refractivity contribution is 9.10. The van der Waals surface area contributed by atoms with E-state index in [0.717, 1.165) is 32.8 Å². The van der Waals surface area contributed by atoms with Crippen molar-refractivity contribution in [2.75, 3.05) is 7.11 Å². The third-order valence-electron chi connectivity index (χ3n) is 4.58. The van der Waals surface area contributed by atoms with Gasteiger partial charge in [0.25, 0.3) is 0 Å². The molecule has 0 aliphatic rings. The van der Waals surface area contributed by atoms with Crippen molar-refractivity contribution in [1.29, 1.82) is 0 Å². The van der Waals surface area contributed by atoms with E-state index in [-0.39, 0.29) is 4.91 Å². The monoisotopic (exact) mass is 510 g/mol. The number of nitrogens with one attached hydrogen (secondary N) is 1. The average molecular weight is 511 g/mol. The Labute approximate surface area is 197 Å². The molecule has 0 saturated carbocycles. The minimum Gasteiger partial charge on any atom is -0.493 e. The number of nitrogens with zero attached hydrogens (tertiary/aromatic N) is 1. The van der Waals surface area contributed by atoms with Gasteiger partial charge in [-0.3, -0.25) is 0 Å². The van der Waals surface area contributed by atoms with Gasteiger partial charge in [0.15, 0.2) is 16.7 Å². The van der Waals surface area contributed by atoms with Gasteiger partial charge in [-0.05, 0) is 65.4 Å². The van der Waals surface area contributed by atoms with Crippen molar-refractivity contribution >= 4 is 50.8 Å². The first-order valence-electron chi connectivity index (χ1n) is 9.65. The van der Waals surface area contributed by atoms with Crippen LogP contribution in [0.3, 0.4) is 0 Å². The lowest BCUT2D eigenvalue weighted by molar-refractivity contribution is -0.131. The number of para-hydroxylation sites is 2. The van der Waals surface area contributed by atoms with Crippen LogP contribution in [0, 0.1) is 0 Å². The van der Waals surface area contributed by atoms with Crippen molar-refractivity contribution in [3.05, 3.63) is 87.2 Å². The van der Waals surface area contributed by atoms with Gasteiger partial charge < -0.3 is 19.6 Å². The number of methoxy groups -OCH3 is 1. The highest BCUT2D eigenvalue weighted by atomic mass is 79.9. The third kappa shape index (κ3) is 5.33. The lowest BCUT2D eigenvalue weighted by Gasteiger charge is -2.12. The van der Waals surface area contributed by atoms with Crippen LogP contribution in [0.1, 0.15) is 11.1 Å². The molecule has 3 aromatic carbocycles. The van der Waals surface area contributed by atoms with Crippen LogP contribution in [-0.2, 0) is 11.4 Å². The highest BCUT2D eigenvalue weighted by Gasteiger charge is 2.14. The lowest BCUT2D eigenvalue weighted by atomic mass is 10.2. The lowest BCUT2D eigenvalue weighted by Crippen LogP contribution is -1.99. The number of thioether (sulfide) groups is 1. The van der Waals surface area contributed by atoms with Gasteiger partial charge >= 0.3 is 5.97 Å². The normalized spacial score (nSPS) is 11.5. The minimum absolute atomic E-state index is 0.134. The number of aromatic amines is 1. The molecule has 1 heterocycles. The molecule has 0 fully saturated rings. The highest BCUT2D eigenvalue weighted by Crippen LogP contribution is 2.32. The molecule has 0 saturated heterocycles. The van der Waals surface area contributed by atoms with Gasteiger partial charge in [0.1, 0.15) is 11.5 Å². The molecule has 32 heavy (non-hydrogen) atoms. The Balaban J connectivity index is 1.53. The van der Waals surface area contributed by atoms with E-state index in [2.05, 4.69) is 25.9 Å². The Bertz CT molecular complexity index is 1250. The number of fused-ring (bicyclic) bond motifs is 1. The summed E-state index contributed by atoms with van der Waals surface area (Å²) in [5.41, 5.74) is 3.34. The predicted octanol–water partition coefficient (Wildman–Crippen LogP) is 6.13. The van der Waals surface area contributed by atoms with Gasteiger partial charge in [-0.25, -0.2) is 9.78 Å². The van der Waals surface area contributed by atoms with Crippen molar-refractivity contribution in [3.63, 3.8) is 0 Å². The molecule has 2 N–H and O–H groups in total. The van der Waals surface area contributed by atoms with Gasteiger partial charge in [0, 0.05) is 4.47 Å². The number of carbonyl (C=O) groups is 1. The van der Waals surface area contributed by atoms with E-state index >= 15 is 0 Å². The number of carboxylic acid groups (broad SMARTS) is 1. The first-order valence-corrected chi connectivity index (χ1v) is 11.3. The molecule has 4 rings (SSSR count). The molecule has 8 heteroatoms. The quantitative estimate of drug-likeness (QED) is 0.219. The number of aliphatic carboxylic acids is 1. The van der Waals surface area contributed by atoms with Crippen LogP contribution in [-0.4, -0.2) is 28.2 Å². The van der Waals surface area contributed by atoms with Crippen LogP contribution >= 0.6 is 27.7 Å². The summed E-state index contributed by atoms with van der Waals surface area (Å²) < 4.78 is 12.4. The van der Waals surface area contributed by atoms with Gasteiger partial charge in [-0.2, -0.15) is 0 Å². The number of H-pyrrole nitrogens is 1. The average Bonchev–Trinajstić information content (AvgIpc) is 3.21. The van der Waals surface area contributed by atoms with E-state index in [1.165, 1.54) is 0 Å². The van der Waals surface area contributed by atoms with Gasteiger partial charge in [0.2, 0.25) is 0 Å². The number of aromatic nitrogens is 2. The smallest absolute Gasteiger partial charge is 0.342 e. The zero-order valence-electron chi connectivity index (χ0n) is 17.0. The molecule has 4 aromatic rings. The molecule has 6 nitrogen and oxygen atoms in total. The van der Waals surface area contributed by atoms with Crippen LogP contribution in [0.15, 0.2) is 81.3 Å². The van der Waals surface area contributed by atoms with E-state index in [1.54, 1.807) is 31.4 Å². The molecule has 0 spiro atoms. The maximum atomic E-state index is 11.8. The van der Waals surface area contributed by atoms with E-state index in [9.17, 15) is 9.90 Å². The van der Waals surface area contributed by atoms with Crippen LogP contribution in [0.5, 0.6) is 11.5 Å². The number of ether oxygens (including phenoxy) is 2. The maximum Gasteiger partial charge on any atom is 0.342 e. The van der Waals surface area contributed by atoms with Crippen molar-refractivity contribution in [3.8, 4) is 11.5 Å². The molecule has 0 bridgehead atoms. The van der Waals surface area contributed by atoms with E-state index in [1.807, 2.05) is 48.5 Å². The summed E-state index contributed by atoms with van der Waals surface area (Å²) in [5, 5.41) is 10.2. The van der Waals surface area contributed by atoms with Crippen LogP contribution in [0.4, 0.5) is 0 Å². The molecule has 0 radical (unpaired) electrons.